The maximum absolute atomic E-state index is 12.2. The van der Waals surface area contributed by atoms with Crippen LogP contribution in [0.2, 0.25) is 0 Å². The highest BCUT2D eigenvalue weighted by Gasteiger charge is 2.26. The van der Waals surface area contributed by atoms with Gasteiger partial charge in [-0.3, -0.25) is 14.9 Å². The van der Waals surface area contributed by atoms with E-state index in [1.807, 2.05) is 6.07 Å². The predicted molar refractivity (Wildman–Crippen MR) is 90.1 cm³/mol. The second-order valence-corrected chi connectivity index (χ2v) is 5.96. The minimum Gasteiger partial charge on any atom is -0.496 e. The molecule has 0 radical (unpaired) electrons. The number of rotatable bonds is 7. The third kappa shape index (κ3) is 4.20. The van der Waals surface area contributed by atoms with E-state index < -0.39 is 29.2 Å². The molecule has 26 heavy (non-hydrogen) atoms. The Balaban J connectivity index is 2.13. The summed E-state index contributed by atoms with van der Waals surface area (Å²) in [6.07, 6.45) is 0. The van der Waals surface area contributed by atoms with E-state index in [-0.39, 0.29) is 17.0 Å². The number of ether oxygens (including phenoxy) is 2. The quantitative estimate of drug-likeness (QED) is 0.409. The summed E-state index contributed by atoms with van der Waals surface area (Å²) in [5, 5.41) is 22.0. The van der Waals surface area contributed by atoms with Gasteiger partial charge in [-0.1, -0.05) is 0 Å². The van der Waals surface area contributed by atoms with Crippen LogP contribution in [0.4, 0.5) is 5.69 Å². The summed E-state index contributed by atoms with van der Waals surface area (Å²) in [6.45, 7) is 1.06. The fraction of sp³-hybridized carbons (Fsp3) is 0.250. The number of thiazole rings is 1. The second kappa shape index (κ2) is 8.17. The van der Waals surface area contributed by atoms with Crippen LogP contribution in [0.25, 0.3) is 0 Å². The summed E-state index contributed by atoms with van der Waals surface area (Å²) in [5.74, 6) is -2.68. The lowest BCUT2D eigenvalue weighted by molar-refractivity contribution is -0.384. The van der Waals surface area contributed by atoms with Crippen molar-refractivity contribution in [3.63, 3.8) is 0 Å². The lowest BCUT2D eigenvalue weighted by atomic mass is 10.1. The normalized spacial score (nSPS) is 11.3. The average molecular weight is 375 g/mol. The van der Waals surface area contributed by atoms with E-state index in [1.54, 1.807) is 12.3 Å². The van der Waals surface area contributed by atoms with Crippen LogP contribution in [0.3, 0.4) is 0 Å². The minimum absolute atomic E-state index is 0.0698. The number of hydrogen-bond donors (Lipinski definition) is 0. The molecule has 1 aromatic carbocycles. The molecule has 0 aliphatic rings. The molecule has 10 heteroatoms. The Morgan fingerprint density at radius 2 is 2.19 bits per heavy atom. The van der Waals surface area contributed by atoms with E-state index in [4.69, 9.17) is 9.47 Å². The Hall–Kier alpha value is -3.32. The van der Waals surface area contributed by atoms with Crippen LogP contribution >= 0.6 is 11.3 Å². The Morgan fingerprint density at radius 3 is 2.73 bits per heavy atom. The Kier molecular flexibility index (Phi) is 5.98. The van der Waals surface area contributed by atoms with Crippen molar-refractivity contribution in [2.45, 2.75) is 12.8 Å². The van der Waals surface area contributed by atoms with Crippen molar-refractivity contribution < 1.29 is 24.0 Å². The third-order valence-electron chi connectivity index (χ3n) is 3.29. The first-order valence-corrected chi connectivity index (χ1v) is 8.09. The van der Waals surface area contributed by atoms with Crippen molar-refractivity contribution in [1.82, 2.24) is 4.98 Å². The molecule has 9 nitrogen and oxygen atoms in total. The zero-order valence-electron chi connectivity index (χ0n) is 13.8. The standard InChI is InChI=1S/C16H13N3O6S/c1-9-8-26-15(18-9)12(6-17)13(20)7-25-16(21)11-5-10(19(22)23)3-4-14(11)24-2/h3-5,8,12H,7H2,1-2H3/t12-/m0/s1. The Labute approximate surface area is 151 Å². The molecule has 1 atom stereocenters. The minimum atomic E-state index is -1.14. The SMILES string of the molecule is COc1ccc([N+](=O)[O-])cc1C(=O)OCC(=O)[C@H](C#N)c1nc(C)cs1. The lowest BCUT2D eigenvalue weighted by Gasteiger charge is -2.09. The number of ketones is 1. The van der Waals surface area contributed by atoms with Crippen molar-refractivity contribution in [2.24, 2.45) is 0 Å². The first-order valence-electron chi connectivity index (χ1n) is 7.21. The monoisotopic (exact) mass is 375 g/mol. The number of esters is 1. The summed E-state index contributed by atoms with van der Waals surface area (Å²) < 4.78 is 9.89. The van der Waals surface area contributed by atoms with Gasteiger partial charge in [0, 0.05) is 23.2 Å². The van der Waals surface area contributed by atoms with Crippen molar-refractivity contribution in [2.75, 3.05) is 13.7 Å². The molecule has 0 saturated heterocycles. The van der Waals surface area contributed by atoms with Crippen LogP contribution in [0.15, 0.2) is 23.6 Å². The number of Topliss-reactive ketones (excluding diaryl/α,β-unsaturated/α-hetero) is 1. The van der Waals surface area contributed by atoms with Gasteiger partial charge >= 0.3 is 5.97 Å². The third-order valence-corrected chi connectivity index (χ3v) is 4.32. The van der Waals surface area contributed by atoms with Gasteiger partial charge in [0.15, 0.2) is 18.3 Å². The molecule has 1 heterocycles. The van der Waals surface area contributed by atoms with Gasteiger partial charge in [0.2, 0.25) is 0 Å². The number of nitrogens with zero attached hydrogens (tertiary/aromatic N) is 3. The lowest BCUT2D eigenvalue weighted by Crippen LogP contribution is -2.20. The maximum atomic E-state index is 12.2. The highest BCUT2D eigenvalue weighted by molar-refractivity contribution is 7.09. The number of aryl methyl sites for hydroxylation is 1. The number of carbonyl (C=O) groups is 2. The molecular weight excluding hydrogens is 362 g/mol. The van der Waals surface area contributed by atoms with Crippen LogP contribution in [0.1, 0.15) is 27.0 Å². The van der Waals surface area contributed by atoms with E-state index in [2.05, 4.69) is 4.98 Å². The molecule has 2 rings (SSSR count). The van der Waals surface area contributed by atoms with Crippen LogP contribution in [0.5, 0.6) is 5.75 Å². The fourth-order valence-electron chi connectivity index (χ4n) is 2.04. The molecule has 1 aromatic heterocycles. The number of nitro groups is 1. The largest absolute Gasteiger partial charge is 0.496 e. The first-order chi connectivity index (χ1) is 12.4. The Morgan fingerprint density at radius 1 is 1.46 bits per heavy atom. The number of nitro benzene ring substituents is 1. The first kappa shape index (κ1) is 19.0. The number of benzene rings is 1. The Bertz CT molecular complexity index is 902. The van der Waals surface area contributed by atoms with Gasteiger partial charge in [-0.25, -0.2) is 9.78 Å². The fourth-order valence-corrected chi connectivity index (χ4v) is 2.90. The van der Waals surface area contributed by atoms with Crippen molar-refractivity contribution >= 4 is 28.8 Å². The zero-order valence-corrected chi connectivity index (χ0v) is 14.6. The molecule has 0 aliphatic heterocycles. The van der Waals surface area contributed by atoms with E-state index in [9.17, 15) is 25.0 Å². The summed E-state index contributed by atoms with van der Waals surface area (Å²) in [5.41, 5.74) is 0.168. The maximum Gasteiger partial charge on any atom is 0.342 e. The second-order valence-electron chi connectivity index (χ2n) is 5.07. The number of aromatic nitrogens is 1. The van der Waals surface area contributed by atoms with E-state index in [0.717, 1.165) is 17.4 Å². The van der Waals surface area contributed by atoms with Gasteiger partial charge in [0.25, 0.3) is 5.69 Å². The summed E-state index contributed by atoms with van der Waals surface area (Å²) >= 11 is 1.16. The molecule has 0 bridgehead atoms. The van der Waals surface area contributed by atoms with Gasteiger partial charge in [-0.05, 0) is 13.0 Å². The number of nitriles is 1. The molecular formula is C16H13N3O6S. The molecule has 0 aliphatic carbocycles. The van der Waals surface area contributed by atoms with Gasteiger partial charge in [0.1, 0.15) is 16.3 Å². The van der Waals surface area contributed by atoms with Gasteiger partial charge in [-0.2, -0.15) is 5.26 Å². The zero-order chi connectivity index (χ0) is 19.3. The summed E-state index contributed by atoms with van der Waals surface area (Å²) in [7, 11) is 1.29. The predicted octanol–water partition coefficient (Wildman–Crippen LogP) is 2.40. The molecule has 0 amide bonds. The topological polar surface area (TPSA) is 132 Å². The van der Waals surface area contributed by atoms with Crippen LogP contribution in [-0.4, -0.2) is 35.4 Å². The molecule has 0 spiro atoms. The van der Waals surface area contributed by atoms with E-state index >= 15 is 0 Å². The van der Waals surface area contributed by atoms with Gasteiger partial charge < -0.3 is 9.47 Å². The van der Waals surface area contributed by atoms with E-state index in [1.165, 1.54) is 19.2 Å². The van der Waals surface area contributed by atoms with Crippen molar-refractivity contribution in [3.05, 3.63) is 50.0 Å². The average Bonchev–Trinajstić information content (AvgIpc) is 3.05. The van der Waals surface area contributed by atoms with Crippen LogP contribution in [-0.2, 0) is 9.53 Å². The molecule has 0 saturated carbocycles. The molecule has 0 fully saturated rings. The van der Waals surface area contributed by atoms with Gasteiger partial charge in [-0.15, -0.1) is 11.3 Å². The van der Waals surface area contributed by atoms with Crippen LogP contribution < -0.4 is 4.74 Å². The molecule has 0 N–H and O–H groups in total. The van der Waals surface area contributed by atoms with E-state index in [0.29, 0.717) is 10.7 Å². The number of non-ortho nitro benzene ring substituents is 1. The summed E-state index contributed by atoms with van der Waals surface area (Å²) in [4.78, 5) is 38.6. The van der Waals surface area contributed by atoms with Crippen molar-refractivity contribution in [3.8, 4) is 11.8 Å². The number of hydrogen-bond acceptors (Lipinski definition) is 9. The molecule has 134 valence electrons. The highest BCUT2D eigenvalue weighted by Crippen LogP contribution is 2.25. The highest BCUT2D eigenvalue weighted by atomic mass is 32.1. The van der Waals surface area contributed by atoms with Crippen LogP contribution in [0, 0.1) is 28.4 Å². The number of methoxy groups -OCH3 is 1. The number of carbonyl (C=O) groups excluding carboxylic acids is 2. The smallest absolute Gasteiger partial charge is 0.342 e. The molecule has 0 unspecified atom stereocenters. The van der Waals surface area contributed by atoms with Crippen molar-refractivity contribution in [1.29, 1.82) is 5.26 Å². The van der Waals surface area contributed by atoms with Gasteiger partial charge in [0.05, 0.1) is 18.1 Å². The molecule has 2 aromatic rings. The summed E-state index contributed by atoms with van der Waals surface area (Å²) in [6, 6.07) is 5.27.